The normalized spacial score (nSPS) is 11.4. The molecular weight excluding hydrogens is 309 g/mol. The highest BCUT2D eigenvalue weighted by Crippen LogP contribution is 2.24. The van der Waals surface area contributed by atoms with Crippen molar-refractivity contribution in [2.75, 3.05) is 5.88 Å². The van der Waals surface area contributed by atoms with Gasteiger partial charge in [0.25, 0.3) is 0 Å². The fraction of sp³-hybridized carbons (Fsp3) is 0.333. The van der Waals surface area contributed by atoms with E-state index >= 15 is 0 Å². The highest BCUT2D eigenvalue weighted by atomic mass is 35.5. The second-order valence-corrected chi connectivity index (χ2v) is 5.80. The van der Waals surface area contributed by atoms with Crippen molar-refractivity contribution >= 4 is 34.2 Å². The van der Waals surface area contributed by atoms with Crippen LogP contribution >= 0.6 is 23.2 Å². The largest absolute Gasteiger partial charge is 0.361 e. The molecule has 6 heteroatoms. The van der Waals surface area contributed by atoms with Gasteiger partial charge in [0.1, 0.15) is 11.6 Å². The lowest BCUT2D eigenvalue weighted by Gasteiger charge is -2.08. The Balaban J connectivity index is 2.14. The molecule has 0 saturated heterocycles. The van der Waals surface area contributed by atoms with Crippen LogP contribution in [0.2, 0.25) is 5.02 Å². The molecule has 0 radical (unpaired) electrons. The number of nitrogens with zero attached hydrogens (tertiary/aromatic N) is 3. The van der Waals surface area contributed by atoms with Crippen LogP contribution in [0.5, 0.6) is 0 Å². The highest BCUT2D eigenvalue weighted by Gasteiger charge is 2.15. The summed E-state index contributed by atoms with van der Waals surface area (Å²) in [6, 6.07) is 5.71. The molecule has 2 heterocycles. The molecule has 0 aliphatic carbocycles. The van der Waals surface area contributed by atoms with E-state index < -0.39 is 0 Å². The number of hydrogen-bond donors (Lipinski definition) is 0. The van der Waals surface area contributed by atoms with Gasteiger partial charge in [0.2, 0.25) is 0 Å². The first-order valence-electron chi connectivity index (χ1n) is 6.72. The third-order valence-corrected chi connectivity index (χ3v) is 4.03. The first kappa shape index (κ1) is 14.4. The molecule has 0 N–H and O–H groups in total. The summed E-state index contributed by atoms with van der Waals surface area (Å²) in [5.41, 5.74) is 3.90. The Hall–Kier alpha value is -1.52. The van der Waals surface area contributed by atoms with E-state index in [1.165, 1.54) is 0 Å². The summed E-state index contributed by atoms with van der Waals surface area (Å²) in [4.78, 5) is 4.65. The molecule has 3 aromatic rings. The monoisotopic (exact) mass is 323 g/mol. The molecule has 0 unspecified atom stereocenters. The minimum Gasteiger partial charge on any atom is -0.361 e. The van der Waals surface area contributed by atoms with Crippen LogP contribution in [0.4, 0.5) is 0 Å². The number of aryl methyl sites for hydroxylation is 3. The number of fused-ring (bicyclic) bond motifs is 1. The van der Waals surface area contributed by atoms with Crippen LogP contribution in [0, 0.1) is 13.8 Å². The van der Waals surface area contributed by atoms with Gasteiger partial charge in [-0.3, -0.25) is 0 Å². The molecule has 0 fully saturated rings. The van der Waals surface area contributed by atoms with Crippen LogP contribution in [-0.2, 0) is 13.0 Å². The smallest absolute Gasteiger partial charge is 0.138 e. The summed E-state index contributed by atoms with van der Waals surface area (Å²) in [6.45, 7) is 4.52. The standard InChI is InChI=1S/C15H15Cl2N3O/c1-9-12(10(2)21-19-9)8-20-14-7-11(17)3-4-13(14)18-15(20)5-6-16/h3-4,7H,5-6,8H2,1-2H3. The van der Waals surface area contributed by atoms with Gasteiger partial charge in [0.15, 0.2) is 0 Å². The van der Waals surface area contributed by atoms with Crippen molar-refractivity contribution in [1.82, 2.24) is 14.7 Å². The van der Waals surface area contributed by atoms with Crippen molar-refractivity contribution in [3.63, 3.8) is 0 Å². The van der Waals surface area contributed by atoms with E-state index in [2.05, 4.69) is 14.7 Å². The number of rotatable bonds is 4. The fourth-order valence-electron chi connectivity index (χ4n) is 2.48. The molecule has 1 aromatic carbocycles. The summed E-state index contributed by atoms with van der Waals surface area (Å²) >= 11 is 12.0. The number of imidazole rings is 1. The maximum Gasteiger partial charge on any atom is 0.138 e. The maximum atomic E-state index is 6.12. The van der Waals surface area contributed by atoms with Gasteiger partial charge >= 0.3 is 0 Å². The van der Waals surface area contributed by atoms with Crippen LogP contribution in [0.1, 0.15) is 22.8 Å². The van der Waals surface area contributed by atoms with Crippen molar-refractivity contribution < 1.29 is 4.52 Å². The Labute approximate surface area is 132 Å². The van der Waals surface area contributed by atoms with E-state index in [0.29, 0.717) is 23.9 Å². The van der Waals surface area contributed by atoms with Gasteiger partial charge in [-0.1, -0.05) is 16.8 Å². The van der Waals surface area contributed by atoms with Crippen LogP contribution in [-0.4, -0.2) is 20.6 Å². The fourth-order valence-corrected chi connectivity index (χ4v) is 2.82. The molecule has 3 rings (SSSR count). The summed E-state index contributed by atoms with van der Waals surface area (Å²) < 4.78 is 7.38. The second-order valence-electron chi connectivity index (χ2n) is 4.99. The third-order valence-electron chi connectivity index (χ3n) is 3.60. The molecule has 0 amide bonds. The molecule has 110 valence electrons. The van der Waals surface area contributed by atoms with Crippen molar-refractivity contribution in [2.24, 2.45) is 0 Å². The van der Waals surface area contributed by atoms with Crippen molar-refractivity contribution in [1.29, 1.82) is 0 Å². The molecule has 0 bridgehead atoms. The zero-order chi connectivity index (χ0) is 15.0. The molecular formula is C15H15Cl2N3O. The molecule has 21 heavy (non-hydrogen) atoms. The van der Waals surface area contributed by atoms with Gasteiger partial charge in [-0.25, -0.2) is 4.98 Å². The Morgan fingerprint density at radius 2 is 2.10 bits per heavy atom. The van der Waals surface area contributed by atoms with Crippen LogP contribution in [0.15, 0.2) is 22.7 Å². The van der Waals surface area contributed by atoms with Gasteiger partial charge < -0.3 is 9.09 Å². The van der Waals surface area contributed by atoms with Crippen molar-refractivity contribution in [3.8, 4) is 0 Å². The zero-order valence-electron chi connectivity index (χ0n) is 11.9. The lowest BCUT2D eigenvalue weighted by atomic mass is 10.2. The van der Waals surface area contributed by atoms with Crippen molar-refractivity contribution in [3.05, 3.63) is 46.1 Å². The second kappa shape index (κ2) is 5.70. The van der Waals surface area contributed by atoms with Gasteiger partial charge in [0, 0.05) is 22.9 Å². The van der Waals surface area contributed by atoms with E-state index in [0.717, 1.165) is 33.9 Å². The molecule has 4 nitrogen and oxygen atoms in total. The number of halogens is 2. The number of alkyl halides is 1. The first-order chi connectivity index (χ1) is 10.1. The average molecular weight is 324 g/mol. The highest BCUT2D eigenvalue weighted by molar-refractivity contribution is 6.31. The minimum absolute atomic E-state index is 0.526. The van der Waals surface area contributed by atoms with Crippen LogP contribution < -0.4 is 0 Å². The Kier molecular flexibility index (Phi) is 3.91. The van der Waals surface area contributed by atoms with Gasteiger partial charge in [-0.05, 0) is 32.0 Å². The molecule has 0 saturated carbocycles. The Morgan fingerprint density at radius 3 is 2.76 bits per heavy atom. The Bertz CT molecular complexity index is 772. The number of hydrogen-bond acceptors (Lipinski definition) is 3. The molecule has 0 aliphatic heterocycles. The summed E-state index contributed by atoms with van der Waals surface area (Å²) in [5, 5.41) is 4.70. The third kappa shape index (κ3) is 2.65. The van der Waals surface area contributed by atoms with Crippen molar-refractivity contribution in [2.45, 2.75) is 26.8 Å². The Morgan fingerprint density at radius 1 is 1.29 bits per heavy atom. The number of aromatic nitrogens is 3. The molecule has 0 aliphatic rings. The summed E-state index contributed by atoms with van der Waals surface area (Å²) in [5.74, 6) is 2.30. The topological polar surface area (TPSA) is 43.9 Å². The maximum absolute atomic E-state index is 6.12. The molecule has 0 atom stereocenters. The van der Waals surface area contributed by atoms with E-state index in [1.807, 2.05) is 32.0 Å². The lowest BCUT2D eigenvalue weighted by molar-refractivity contribution is 0.392. The predicted octanol–water partition coefficient (Wildman–Crippen LogP) is 4.12. The average Bonchev–Trinajstić information content (AvgIpc) is 2.94. The minimum atomic E-state index is 0.526. The van der Waals surface area contributed by atoms with E-state index in [-0.39, 0.29) is 0 Å². The molecule has 2 aromatic heterocycles. The van der Waals surface area contributed by atoms with E-state index in [4.69, 9.17) is 27.7 Å². The molecule has 0 spiro atoms. The van der Waals surface area contributed by atoms with Crippen LogP contribution in [0.3, 0.4) is 0 Å². The summed E-state index contributed by atoms with van der Waals surface area (Å²) in [6.07, 6.45) is 0.706. The lowest BCUT2D eigenvalue weighted by Crippen LogP contribution is -2.07. The quantitative estimate of drug-likeness (QED) is 0.678. The summed E-state index contributed by atoms with van der Waals surface area (Å²) in [7, 11) is 0. The first-order valence-corrected chi connectivity index (χ1v) is 7.63. The number of benzene rings is 1. The predicted molar refractivity (Wildman–Crippen MR) is 84.2 cm³/mol. The SMILES string of the molecule is Cc1noc(C)c1Cn1c(CCCl)nc2ccc(Cl)cc21. The van der Waals surface area contributed by atoms with E-state index in [1.54, 1.807) is 0 Å². The van der Waals surface area contributed by atoms with E-state index in [9.17, 15) is 0 Å². The van der Waals surface area contributed by atoms with Gasteiger partial charge in [-0.15, -0.1) is 11.6 Å². The van der Waals surface area contributed by atoms with Gasteiger partial charge in [0.05, 0.1) is 23.3 Å². The van der Waals surface area contributed by atoms with Crippen LogP contribution in [0.25, 0.3) is 11.0 Å². The van der Waals surface area contributed by atoms with Gasteiger partial charge in [-0.2, -0.15) is 0 Å². The zero-order valence-corrected chi connectivity index (χ0v) is 13.4.